The van der Waals surface area contributed by atoms with E-state index in [1.165, 1.54) is 6.21 Å². The molecule has 0 heterocycles. The van der Waals surface area contributed by atoms with Crippen molar-refractivity contribution in [1.82, 2.24) is 0 Å². The Morgan fingerprint density at radius 3 is 2.67 bits per heavy atom. The molecule has 1 aromatic rings. The monoisotopic (exact) mass is 163 g/mol. The van der Waals surface area contributed by atoms with Gasteiger partial charge in [0.2, 0.25) is 0 Å². The summed E-state index contributed by atoms with van der Waals surface area (Å²) in [6, 6.07) is 8.89. The van der Waals surface area contributed by atoms with Crippen molar-refractivity contribution in [3.05, 3.63) is 35.9 Å². The molecule has 0 aliphatic rings. The molecule has 0 spiro atoms. The van der Waals surface area contributed by atoms with Gasteiger partial charge in [0.1, 0.15) is 0 Å². The number of hydrogen-bond donors (Lipinski definition) is 1. The molecule has 3 nitrogen and oxygen atoms in total. The number of carbonyl (C=O) groups is 1. The number of nitrogens with zero attached hydrogens (tertiary/aromatic N) is 1. The fraction of sp³-hybridized carbons (Fsp3) is 0.111. The van der Waals surface area contributed by atoms with Crippen molar-refractivity contribution in [2.75, 3.05) is 0 Å². The summed E-state index contributed by atoms with van der Waals surface area (Å²) in [7, 11) is 0. The van der Waals surface area contributed by atoms with Gasteiger partial charge < -0.3 is 5.21 Å². The first kappa shape index (κ1) is 8.46. The molecule has 0 radical (unpaired) electrons. The van der Waals surface area contributed by atoms with Gasteiger partial charge in [-0.15, -0.1) is 5.16 Å². The van der Waals surface area contributed by atoms with Crippen LogP contribution in [0.1, 0.15) is 16.8 Å². The molecule has 3 heteroatoms. The van der Waals surface area contributed by atoms with Crippen LogP contribution in [0.25, 0.3) is 0 Å². The van der Waals surface area contributed by atoms with Gasteiger partial charge in [0.15, 0.2) is 5.78 Å². The molecule has 0 fully saturated rings. The first-order valence-corrected chi connectivity index (χ1v) is 3.58. The highest BCUT2D eigenvalue weighted by atomic mass is 16.4. The Morgan fingerprint density at radius 2 is 2.08 bits per heavy atom. The van der Waals surface area contributed by atoms with Crippen LogP contribution in [0.3, 0.4) is 0 Å². The van der Waals surface area contributed by atoms with Crippen molar-refractivity contribution in [3.8, 4) is 0 Å². The Balaban J connectivity index is 2.66. The van der Waals surface area contributed by atoms with Crippen LogP contribution < -0.4 is 0 Å². The number of hydrogen-bond acceptors (Lipinski definition) is 3. The molecule has 0 atom stereocenters. The van der Waals surface area contributed by atoms with Crippen molar-refractivity contribution in [2.45, 2.75) is 6.42 Å². The van der Waals surface area contributed by atoms with E-state index in [2.05, 4.69) is 5.16 Å². The maximum atomic E-state index is 11.2. The van der Waals surface area contributed by atoms with Gasteiger partial charge in [0, 0.05) is 12.0 Å². The summed E-state index contributed by atoms with van der Waals surface area (Å²) >= 11 is 0. The van der Waals surface area contributed by atoms with E-state index in [4.69, 9.17) is 5.21 Å². The maximum absolute atomic E-state index is 11.2. The molecule has 0 bridgehead atoms. The average molecular weight is 163 g/mol. The molecular weight excluding hydrogens is 154 g/mol. The Bertz CT molecular complexity index is 280. The second kappa shape index (κ2) is 4.28. The zero-order valence-electron chi connectivity index (χ0n) is 6.47. The lowest BCUT2D eigenvalue weighted by Gasteiger charge is -1.94. The van der Waals surface area contributed by atoms with E-state index in [1.54, 1.807) is 24.3 Å². The number of oxime groups is 1. The first-order valence-electron chi connectivity index (χ1n) is 3.58. The Kier molecular flexibility index (Phi) is 3.02. The van der Waals surface area contributed by atoms with Gasteiger partial charge in [-0.25, -0.2) is 0 Å². The fourth-order valence-electron chi connectivity index (χ4n) is 0.866. The van der Waals surface area contributed by atoms with Gasteiger partial charge in [0.25, 0.3) is 0 Å². The summed E-state index contributed by atoms with van der Waals surface area (Å²) in [5.41, 5.74) is 0.636. The van der Waals surface area contributed by atoms with Gasteiger partial charge >= 0.3 is 0 Å². The van der Waals surface area contributed by atoms with Crippen LogP contribution >= 0.6 is 0 Å². The van der Waals surface area contributed by atoms with E-state index < -0.39 is 0 Å². The van der Waals surface area contributed by atoms with E-state index in [0.29, 0.717) is 5.56 Å². The van der Waals surface area contributed by atoms with Crippen LogP contribution in [0.5, 0.6) is 0 Å². The molecule has 0 saturated carbocycles. The van der Waals surface area contributed by atoms with E-state index >= 15 is 0 Å². The minimum absolute atomic E-state index is 0.0478. The lowest BCUT2D eigenvalue weighted by molar-refractivity contribution is 0.100. The van der Waals surface area contributed by atoms with Crippen molar-refractivity contribution in [2.24, 2.45) is 5.16 Å². The summed E-state index contributed by atoms with van der Waals surface area (Å²) in [6.07, 6.45) is 1.32. The molecule has 1 aromatic carbocycles. The lowest BCUT2D eigenvalue weighted by atomic mass is 10.1. The summed E-state index contributed by atoms with van der Waals surface area (Å²) < 4.78 is 0. The Labute approximate surface area is 70.3 Å². The number of benzene rings is 1. The number of carbonyl (C=O) groups excluding carboxylic acids is 1. The number of rotatable bonds is 3. The van der Waals surface area contributed by atoms with E-state index in [1.807, 2.05) is 6.07 Å². The molecule has 0 aliphatic carbocycles. The molecule has 62 valence electrons. The van der Waals surface area contributed by atoms with Gasteiger partial charge in [-0.2, -0.15) is 0 Å². The highest BCUT2D eigenvalue weighted by Crippen LogP contribution is 2.01. The molecule has 1 rings (SSSR count). The minimum Gasteiger partial charge on any atom is -0.411 e. The summed E-state index contributed by atoms with van der Waals surface area (Å²) in [6.45, 7) is 0. The standard InChI is InChI=1S/C9H9NO2/c11-9(6-7-10-12)8-4-2-1-3-5-8/h1-5,7,12H,6H2. The molecular formula is C9H9NO2. The quantitative estimate of drug-likeness (QED) is 0.319. The maximum Gasteiger partial charge on any atom is 0.168 e. The summed E-state index contributed by atoms with van der Waals surface area (Å²) in [5.74, 6) is -0.0478. The highest BCUT2D eigenvalue weighted by molar-refractivity contribution is 6.03. The molecule has 0 aliphatic heterocycles. The van der Waals surface area contributed by atoms with Crippen LogP contribution in [0.4, 0.5) is 0 Å². The Hall–Kier alpha value is -1.64. The molecule has 0 aromatic heterocycles. The van der Waals surface area contributed by atoms with Crippen LogP contribution in [-0.2, 0) is 0 Å². The van der Waals surface area contributed by atoms with Gasteiger partial charge in [-0.05, 0) is 0 Å². The lowest BCUT2D eigenvalue weighted by Crippen LogP contribution is -1.98. The smallest absolute Gasteiger partial charge is 0.168 e. The largest absolute Gasteiger partial charge is 0.411 e. The molecule has 12 heavy (non-hydrogen) atoms. The fourth-order valence-corrected chi connectivity index (χ4v) is 0.866. The van der Waals surface area contributed by atoms with Crippen LogP contribution in [0.15, 0.2) is 35.5 Å². The van der Waals surface area contributed by atoms with E-state index in [9.17, 15) is 4.79 Å². The van der Waals surface area contributed by atoms with Crippen LogP contribution in [0.2, 0.25) is 0 Å². The zero-order chi connectivity index (χ0) is 8.81. The molecule has 0 amide bonds. The van der Waals surface area contributed by atoms with Crippen molar-refractivity contribution in [1.29, 1.82) is 0 Å². The third kappa shape index (κ3) is 2.20. The Morgan fingerprint density at radius 1 is 1.42 bits per heavy atom. The molecule has 0 saturated heterocycles. The highest BCUT2D eigenvalue weighted by Gasteiger charge is 2.01. The zero-order valence-corrected chi connectivity index (χ0v) is 6.47. The first-order chi connectivity index (χ1) is 5.84. The van der Waals surface area contributed by atoms with Gasteiger partial charge in [0.05, 0.1) is 6.21 Å². The summed E-state index contributed by atoms with van der Waals surface area (Å²) in [5, 5.41) is 10.8. The normalized spacial score (nSPS) is 10.3. The number of Topliss-reactive ketones (excluding diaryl/α,β-unsaturated/α-hetero) is 1. The third-order valence-electron chi connectivity index (χ3n) is 1.45. The van der Waals surface area contributed by atoms with Crippen molar-refractivity contribution < 1.29 is 10.0 Å². The minimum atomic E-state index is -0.0478. The van der Waals surface area contributed by atoms with Gasteiger partial charge in [-0.3, -0.25) is 4.79 Å². The SMILES string of the molecule is O=C(CC=NO)c1ccccc1. The van der Waals surface area contributed by atoms with Crippen molar-refractivity contribution in [3.63, 3.8) is 0 Å². The molecule has 0 unspecified atom stereocenters. The summed E-state index contributed by atoms with van der Waals surface area (Å²) in [4.78, 5) is 11.2. The number of ketones is 1. The second-order valence-electron chi connectivity index (χ2n) is 2.29. The van der Waals surface area contributed by atoms with E-state index in [0.717, 1.165) is 0 Å². The topological polar surface area (TPSA) is 49.7 Å². The predicted octanol–water partition coefficient (Wildman–Crippen LogP) is 1.72. The van der Waals surface area contributed by atoms with E-state index in [-0.39, 0.29) is 12.2 Å². The van der Waals surface area contributed by atoms with Crippen LogP contribution in [-0.4, -0.2) is 17.2 Å². The third-order valence-corrected chi connectivity index (χ3v) is 1.45. The predicted molar refractivity (Wildman–Crippen MR) is 45.7 cm³/mol. The van der Waals surface area contributed by atoms with Gasteiger partial charge in [-0.1, -0.05) is 30.3 Å². The van der Waals surface area contributed by atoms with Crippen LogP contribution in [0, 0.1) is 0 Å². The average Bonchev–Trinajstić information content (AvgIpc) is 2.15. The van der Waals surface area contributed by atoms with Crippen molar-refractivity contribution >= 4 is 12.0 Å². The molecule has 1 N–H and O–H groups in total. The second-order valence-corrected chi connectivity index (χ2v) is 2.29.